The van der Waals surface area contributed by atoms with Gasteiger partial charge in [0.15, 0.2) is 0 Å². The molecule has 0 bridgehead atoms. The summed E-state index contributed by atoms with van der Waals surface area (Å²) in [7, 11) is 0. The predicted octanol–water partition coefficient (Wildman–Crippen LogP) is 1.17. The van der Waals surface area contributed by atoms with E-state index in [1.165, 1.54) is 16.7 Å². The third-order valence-corrected chi connectivity index (χ3v) is 2.73. The van der Waals surface area contributed by atoms with Gasteiger partial charge in [-0.3, -0.25) is 0 Å². The molecule has 3 N–H and O–H groups in total. The van der Waals surface area contributed by atoms with E-state index in [-0.39, 0.29) is 12.6 Å². The van der Waals surface area contributed by atoms with Crippen molar-refractivity contribution in [2.75, 3.05) is 6.61 Å². The third kappa shape index (κ3) is 1.60. The van der Waals surface area contributed by atoms with Crippen molar-refractivity contribution in [3.8, 4) is 0 Å². The van der Waals surface area contributed by atoms with E-state index in [0.717, 1.165) is 19.3 Å². The minimum absolute atomic E-state index is 0.216. The van der Waals surface area contributed by atoms with Gasteiger partial charge < -0.3 is 10.8 Å². The molecule has 1 unspecified atom stereocenters. The van der Waals surface area contributed by atoms with Gasteiger partial charge in [0.25, 0.3) is 0 Å². The molecular weight excluding hydrogens is 162 g/mol. The Hall–Kier alpha value is -0.860. The van der Waals surface area contributed by atoms with E-state index in [1.807, 2.05) is 0 Å². The van der Waals surface area contributed by atoms with E-state index in [2.05, 4.69) is 18.2 Å². The maximum absolute atomic E-state index is 8.80. The molecule has 0 aliphatic heterocycles. The monoisotopic (exact) mass is 177 g/mol. The van der Waals surface area contributed by atoms with Gasteiger partial charge in [-0.1, -0.05) is 18.2 Å². The number of aryl methyl sites for hydroxylation is 1. The van der Waals surface area contributed by atoms with Crippen molar-refractivity contribution in [1.29, 1.82) is 0 Å². The van der Waals surface area contributed by atoms with Crippen molar-refractivity contribution >= 4 is 0 Å². The zero-order valence-corrected chi connectivity index (χ0v) is 7.66. The van der Waals surface area contributed by atoms with Crippen molar-refractivity contribution in [3.05, 3.63) is 34.9 Å². The van der Waals surface area contributed by atoms with Crippen molar-refractivity contribution in [2.24, 2.45) is 5.73 Å². The molecule has 2 rings (SSSR count). The molecular formula is C11H15NO. The topological polar surface area (TPSA) is 46.2 Å². The van der Waals surface area contributed by atoms with E-state index in [9.17, 15) is 0 Å². The Morgan fingerprint density at radius 3 is 3.08 bits per heavy atom. The highest BCUT2D eigenvalue weighted by atomic mass is 16.2. The lowest BCUT2D eigenvalue weighted by atomic mass is 10.0. The Labute approximate surface area is 78.4 Å². The SMILES string of the molecule is NC1CCc2ccc(CCO)cc21. The summed E-state index contributed by atoms with van der Waals surface area (Å²) in [5.74, 6) is 0. The van der Waals surface area contributed by atoms with Gasteiger partial charge in [0.1, 0.15) is 0 Å². The molecule has 0 heterocycles. The van der Waals surface area contributed by atoms with Gasteiger partial charge in [-0.15, -0.1) is 0 Å². The summed E-state index contributed by atoms with van der Waals surface area (Å²) in [5.41, 5.74) is 9.81. The van der Waals surface area contributed by atoms with Crippen LogP contribution in [0, 0.1) is 0 Å². The van der Waals surface area contributed by atoms with Crippen molar-refractivity contribution in [3.63, 3.8) is 0 Å². The lowest BCUT2D eigenvalue weighted by Gasteiger charge is -2.06. The summed E-state index contributed by atoms with van der Waals surface area (Å²) < 4.78 is 0. The summed E-state index contributed by atoms with van der Waals surface area (Å²) in [6.07, 6.45) is 2.91. The molecule has 2 nitrogen and oxygen atoms in total. The van der Waals surface area contributed by atoms with Gasteiger partial charge in [-0.05, 0) is 36.0 Å². The van der Waals surface area contributed by atoms with Gasteiger partial charge in [0, 0.05) is 12.6 Å². The molecule has 70 valence electrons. The van der Waals surface area contributed by atoms with Crippen LogP contribution in [0.4, 0.5) is 0 Å². The first-order chi connectivity index (χ1) is 6.31. The van der Waals surface area contributed by atoms with Gasteiger partial charge in [-0.25, -0.2) is 0 Å². The van der Waals surface area contributed by atoms with Crippen LogP contribution in [0.3, 0.4) is 0 Å². The fourth-order valence-electron chi connectivity index (χ4n) is 1.97. The minimum atomic E-state index is 0.216. The molecule has 0 saturated heterocycles. The summed E-state index contributed by atoms with van der Waals surface area (Å²) in [5, 5.41) is 8.80. The molecule has 1 aliphatic carbocycles. The second-order valence-electron chi connectivity index (χ2n) is 3.65. The van der Waals surface area contributed by atoms with Crippen LogP contribution in [-0.2, 0) is 12.8 Å². The molecule has 1 aromatic carbocycles. The fraction of sp³-hybridized carbons (Fsp3) is 0.455. The van der Waals surface area contributed by atoms with E-state index < -0.39 is 0 Å². The van der Waals surface area contributed by atoms with Crippen molar-refractivity contribution in [2.45, 2.75) is 25.3 Å². The minimum Gasteiger partial charge on any atom is -0.396 e. The smallest absolute Gasteiger partial charge is 0.0471 e. The van der Waals surface area contributed by atoms with Gasteiger partial charge in [-0.2, -0.15) is 0 Å². The maximum atomic E-state index is 8.80. The largest absolute Gasteiger partial charge is 0.396 e. The lowest BCUT2D eigenvalue weighted by Crippen LogP contribution is -2.05. The molecule has 13 heavy (non-hydrogen) atoms. The first-order valence-corrected chi connectivity index (χ1v) is 4.79. The van der Waals surface area contributed by atoms with Crippen molar-refractivity contribution in [1.82, 2.24) is 0 Å². The van der Waals surface area contributed by atoms with Gasteiger partial charge in [0.2, 0.25) is 0 Å². The van der Waals surface area contributed by atoms with Crippen LogP contribution in [0.1, 0.15) is 29.2 Å². The van der Waals surface area contributed by atoms with Crippen LogP contribution < -0.4 is 5.73 Å². The zero-order chi connectivity index (χ0) is 9.26. The van der Waals surface area contributed by atoms with Crippen LogP contribution in [-0.4, -0.2) is 11.7 Å². The number of fused-ring (bicyclic) bond motifs is 1. The summed E-state index contributed by atoms with van der Waals surface area (Å²) >= 11 is 0. The number of nitrogens with two attached hydrogens (primary N) is 1. The maximum Gasteiger partial charge on any atom is 0.0471 e. The van der Waals surface area contributed by atoms with E-state index in [1.54, 1.807) is 0 Å². The highest BCUT2D eigenvalue weighted by Crippen LogP contribution is 2.29. The fourth-order valence-corrected chi connectivity index (χ4v) is 1.97. The Kier molecular flexibility index (Phi) is 2.34. The lowest BCUT2D eigenvalue weighted by molar-refractivity contribution is 0.299. The van der Waals surface area contributed by atoms with Crippen LogP contribution in [0.2, 0.25) is 0 Å². The standard InChI is InChI=1S/C11H15NO/c12-11-4-3-9-2-1-8(5-6-13)7-10(9)11/h1-2,7,11,13H,3-6,12H2. The zero-order valence-electron chi connectivity index (χ0n) is 7.66. The number of hydrogen-bond acceptors (Lipinski definition) is 2. The Morgan fingerprint density at radius 1 is 1.46 bits per heavy atom. The molecule has 0 radical (unpaired) electrons. The first-order valence-electron chi connectivity index (χ1n) is 4.79. The molecule has 2 heteroatoms. The number of benzene rings is 1. The third-order valence-electron chi connectivity index (χ3n) is 2.73. The number of aliphatic hydroxyl groups is 1. The van der Waals surface area contributed by atoms with Gasteiger partial charge in [0.05, 0.1) is 0 Å². The quantitative estimate of drug-likeness (QED) is 0.712. The van der Waals surface area contributed by atoms with Crippen LogP contribution in [0.25, 0.3) is 0 Å². The molecule has 0 fully saturated rings. The molecule has 1 aliphatic rings. The van der Waals surface area contributed by atoms with Crippen LogP contribution in [0.5, 0.6) is 0 Å². The molecule has 0 spiro atoms. The second kappa shape index (κ2) is 3.48. The normalized spacial score (nSPS) is 20.3. The Bertz CT molecular complexity index is 309. The van der Waals surface area contributed by atoms with Crippen LogP contribution >= 0.6 is 0 Å². The first kappa shape index (κ1) is 8.73. The number of hydrogen-bond donors (Lipinski definition) is 2. The van der Waals surface area contributed by atoms with Crippen molar-refractivity contribution < 1.29 is 5.11 Å². The molecule has 0 saturated carbocycles. The molecule has 1 aromatic rings. The average Bonchev–Trinajstić information content (AvgIpc) is 2.49. The number of aliphatic hydroxyl groups excluding tert-OH is 1. The van der Waals surface area contributed by atoms with E-state index in [0.29, 0.717) is 0 Å². The Morgan fingerprint density at radius 2 is 2.31 bits per heavy atom. The number of rotatable bonds is 2. The summed E-state index contributed by atoms with van der Waals surface area (Å²) in [6, 6.07) is 6.59. The molecule has 0 amide bonds. The highest BCUT2D eigenvalue weighted by molar-refractivity contribution is 5.37. The summed E-state index contributed by atoms with van der Waals surface area (Å²) in [4.78, 5) is 0. The summed E-state index contributed by atoms with van der Waals surface area (Å²) in [6.45, 7) is 0.216. The highest BCUT2D eigenvalue weighted by Gasteiger charge is 2.18. The molecule has 0 aromatic heterocycles. The Balaban J connectivity index is 2.31. The van der Waals surface area contributed by atoms with Crippen LogP contribution in [0.15, 0.2) is 18.2 Å². The van der Waals surface area contributed by atoms with E-state index in [4.69, 9.17) is 10.8 Å². The predicted molar refractivity (Wildman–Crippen MR) is 52.5 cm³/mol. The molecule has 1 atom stereocenters. The second-order valence-corrected chi connectivity index (χ2v) is 3.65. The van der Waals surface area contributed by atoms with Gasteiger partial charge >= 0.3 is 0 Å². The average molecular weight is 177 g/mol. The van der Waals surface area contributed by atoms with E-state index >= 15 is 0 Å².